The van der Waals surface area contributed by atoms with Crippen LogP contribution < -0.4 is 5.32 Å². The minimum Gasteiger partial charge on any atom is -0.481 e. The molecule has 17 heavy (non-hydrogen) atoms. The summed E-state index contributed by atoms with van der Waals surface area (Å²) in [7, 11) is 0. The van der Waals surface area contributed by atoms with E-state index in [0.29, 0.717) is 6.07 Å². The van der Waals surface area contributed by atoms with Crippen molar-refractivity contribution in [3.8, 4) is 0 Å². The number of halogens is 2. The van der Waals surface area contributed by atoms with Crippen LogP contribution in [-0.4, -0.2) is 23.5 Å². The van der Waals surface area contributed by atoms with E-state index < -0.39 is 29.4 Å². The van der Waals surface area contributed by atoms with E-state index in [1.807, 2.05) is 0 Å². The Balaban J connectivity index is 2.67. The van der Waals surface area contributed by atoms with Gasteiger partial charge in [-0.3, -0.25) is 9.59 Å². The first-order valence-electron chi connectivity index (χ1n) is 4.87. The van der Waals surface area contributed by atoms with Gasteiger partial charge in [-0.05, 0) is 12.1 Å². The van der Waals surface area contributed by atoms with Gasteiger partial charge in [0.05, 0.1) is 5.92 Å². The zero-order valence-electron chi connectivity index (χ0n) is 9.04. The average Bonchev–Trinajstić information content (AvgIpc) is 2.23. The standard InChI is InChI=1S/C11H11F2NO3/c1-6(11(16)17)5-14-10(15)7-2-8(12)4-9(13)3-7/h2-4,6H,5H2,1H3,(H,14,15)(H,16,17). The minimum absolute atomic E-state index is 0.105. The van der Waals surface area contributed by atoms with E-state index in [0.717, 1.165) is 12.1 Å². The van der Waals surface area contributed by atoms with Crippen LogP contribution in [0.25, 0.3) is 0 Å². The summed E-state index contributed by atoms with van der Waals surface area (Å²) < 4.78 is 25.6. The lowest BCUT2D eigenvalue weighted by Crippen LogP contribution is -2.31. The Morgan fingerprint density at radius 2 is 1.82 bits per heavy atom. The number of benzene rings is 1. The fraction of sp³-hybridized carbons (Fsp3) is 0.273. The second kappa shape index (κ2) is 5.38. The van der Waals surface area contributed by atoms with Gasteiger partial charge in [0, 0.05) is 18.2 Å². The molecule has 92 valence electrons. The zero-order valence-corrected chi connectivity index (χ0v) is 9.04. The monoisotopic (exact) mass is 243 g/mol. The van der Waals surface area contributed by atoms with Crippen molar-refractivity contribution in [2.24, 2.45) is 5.92 Å². The molecule has 1 amide bonds. The number of carbonyl (C=O) groups excluding carboxylic acids is 1. The molecule has 0 aliphatic rings. The second-order valence-corrected chi connectivity index (χ2v) is 3.61. The van der Waals surface area contributed by atoms with Gasteiger partial charge in [-0.2, -0.15) is 0 Å². The largest absolute Gasteiger partial charge is 0.481 e. The molecule has 0 heterocycles. The minimum atomic E-state index is -1.06. The fourth-order valence-electron chi connectivity index (χ4n) is 1.12. The molecule has 0 aliphatic carbocycles. The molecule has 1 aromatic carbocycles. The average molecular weight is 243 g/mol. The lowest BCUT2D eigenvalue weighted by Gasteiger charge is -2.08. The van der Waals surface area contributed by atoms with Gasteiger partial charge in [0.2, 0.25) is 0 Å². The number of carboxylic acids is 1. The predicted molar refractivity (Wildman–Crippen MR) is 55.5 cm³/mol. The number of aliphatic carboxylic acids is 1. The van der Waals surface area contributed by atoms with Crippen LogP contribution >= 0.6 is 0 Å². The highest BCUT2D eigenvalue weighted by atomic mass is 19.1. The molecule has 1 atom stereocenters. The summed E-state index contributed by atoms with van der Waals surface area (Å²) >= 11 is 0. The van der Waals surface area contributed by atoms with Crippen molar-refractivity contribution < 1.29 is 23.5 Å². The van der Waals surface area contributed by atoms with Crippen molar-refractivity contribution in [1.82, 2.24) is 5.32 Å². The lowest BCUT2D eigenvalue weighted by atomic mass is 10.1. The molecule has 0 aliphatic heterocycles. The Kier molecular flexibility index (Phi) is 4.14. The fourth-order valence-corrected chi connectivity index (χ4v) is 1.12. The van der Waals surface area contributed by atoms with E-state index in [2.05, 4.69) is 5.32 Å². The van der Waals surface area contributed by atoms with Crippen molar-refractivity contribution in [3.63, 3.8) is 0 Å². The van der Waals surface area contributed by atoms with E-state index in [-0.39, 0.29) is 12.1 Å². The number of amides is 1. The Morgan fingerprint density at radius 1 is 1.29 bits per heavy atom. The molecule has 0 aromatic heterocycles. The SMILES string of the molecule is CC(CNC(=O)c1cc(F)cc(F)c1)C(=O)O. The topological polar surface area (TPSA) is 66.4 Å². The number of hydrogen-bond donors (Lipinski definition) is 2. The third kappa shape index (κ3) is 3.82. The van der Waals surface area contributed by atoms with Crippen LogP contribution in [0.2, 0.25) is 0 Å². The van der Waals surface area contributed by atoms with Crippen LogP contribution in [0.4, 0.5) is 8.78 Å². The first kappa shape index (κ1) is 13.1. The molecule has 6 heteroatoms. The van der Waals surface area contributed by atoms with Gasteiger partial charge in [0.25, 0.3) is 5.91 Å². The molecule has 4 nitrogen and oxygen atoms in total. The van der Waals surface area contributed by atoms with Crippen LogP contribution in [0.5, 0.6) is 0 Å². The summed E-state index contributed by atoms with van der Waals surface area (Å²) in [6.45, 7) is 1.31. The van der Waals surface area contributed by atoms with Crippen molar-refractivity contribution in [2.75, 3.05) is 6.54 Å². The molecule has 2 N–H and O–H groups in total. The summed E-state index contributed by atoms with van der Waals surface area (Å²) in [6, 6.07) is 2.41. The van der Waals surface area contributed by atoms with Gasteiger partial charge in [-0.25, -0.2) is 8.78 Å². The van der Waals surface area contributed by atoms with E-state index in [1.54, 1.807) is 0 Å². The molecule has 1 rings (SSSR count). The second-order valence-electron chi connectivity index (χ2n) is 3.61. The van der Waals surface area contributed by atoms with Crippen molar-refractivity contribution >= 4 is 11.9 Å². The number of nitrogens with one attached hydrogen (secondary N) is 1. The van der Waals surface area contributed by atoms with Gasteiger partial charge in [0.15, 0.2) is 0 Å². The molecule has 1 unspecified atom stereocenters. The molecule has 0 fully saturated rings. The third-order valence-corrected chi connectivity index (χ3v) is 2.12. The van der Waals surface area contributed by atoms with E-state index in [1.165, 1.54) is 6.92 Å². The zero-order chi connectivity index (χ0) is 13.0. The van der Waals surface area contributed by atoms with Crippen LogP contribution in [0.15, 0.2) is 18.2 Å². The Morgan fingerprint density at radius 3 is 2.29 bits per heavy atom. The summed E-state index contributed by atoms with van der Waals surface area (Å²) in [6.07, 6.45) is 0. The van der Waals surface area contributed by atoms with E-state index in [9.17, 15) is 18.4 Å². The highest BCUT2D eigenvalue weighted by Gasteiger charge is 2.14. The first-order valence-corrected chi connectivity index (χ1v) is 4.87. The highest BCUT2D eigenvalue weighted by Crippen LogP contribution is 2.07. The van der Waals surface area contributed by atoms with Gasteiger partial charge < -0.3 is 10.4 Å². The normalized spacial score (nSPS) is 11.9. The van der Waals surface area contributed by atoms with Crippen LogP contribution in [0, 0.1) is 17.6 Å². The molecule has 0 saturated heterocycles. The van der Waals surface area contributed by atoms with Crippen LogP contribution in [0.1, 0.15) is 17.3 Å². The van der Waals surface area contributed by atoms with Gasteiger partial charge in [-0.1, -0.05) is 6.92 Å². The van der Waals surface area contributed by atoms with E-state index >= 15 is 0 Å². The quantitative estimate of drug-likeness (QED) is 0.840. The maximum atomic E-state index is 12.8. The van der Waals surface area contributed by atoms with Crippen molar-refractivity contribution in [3.05, 3.63) is 35.4 Å². The Bertz CT molecular complexity index is 428. The number of carbonyl (C=O) groups is 2. The molecular formula is C11H11F2NO3. The summed E-state index contributed by atoms with van der Waals surface area (Å²) in [5.41, 5.74) is -0.180. The molecule has 0 saturated carbocycles. The van der Waals surface area contributed by atoms with Gasteiger partial charge in [-0.15, -0.1) is 0 Å². The van der Waals surface area contributed by atoms with Crippen molar-refractivity contribution in [2.45, 2.75) is 6.92 Å². The van der Waals surface area contributed by atoms with Gasteiger partial charge in [0.1, 0.15) is 11.6 Å². The predicted octanol–water partition coefficient (Wildman–Crippen LogP) is 1.42. The number of carboxylic acid groups (broad SMARTS) is 1. The maximum Gasteiger partial charge on any atom is 0.308 e. The summed E-state index contributed by atoms with van der Waals surface area (Å²) in [4.78, 5) is 21.9. The molecule has 0 radical (unpaired) electrons. The number of hydrogen-bond acceptors (Lipinski definition) is 2. The van der Waals surface area contributed by atoms with Crippen LogP contribution in [0.3, 0.4) is 0 Å². The van der Waals surface area contributed by atoms with Gasteiger partial charge >= 0.3 is 5.97 Å². The Labute approximate surface area is 96.3 Å². The first-order chi connectivity index (χ1) is 7.90. The van der Waals surface area contributed by atoms with Crippen LogP contribution in [-0.2, 0) is 4.79 Å². The highest BCUT2D eigenvalue weighted by molar-refractivity contribution is 5.94. The molecule has 0 bridgehead atoms. The summed E-state index contributed by atoms with van der Waals surface area (Å²) in [5, 5.41) is 10.9. The summed E-state index contributed by atoms with van der Waals surface area (Å²) in [5.74, 6) is -4.26. The Hall–Kier alpha value is -1.98. The maximum absolute atomic E-state index is 12.8. The molecular weight excluding hydrogens is 232 g/mol. The van der Waals surface area contributed by atoms with E-state index in [4.69, 9.17) is 5.11 Å². The van der Waals surface area contributed by atoms with Crippen molar-refractivity contribution in [1.29, 1.82) is 0 Å². The third-order valence-electron chi connectivity index (χ3n) is 2.12. The lowest BCUT2D eigenvalue weighted by molar-refractivity contribution is -0.140. The smallest absolute Gasteiger partial charge is 0.308 e. The molecule has 0 spiro atoms. The molecule has 1 aromatic rings. The number of rotatable bonds is 4.